The van der Waals surface area contributed by atoms with E-state index < -0.39 is 0 Å². The van der Waals surface area contributed by atoms with Gasteiger partial charge in [-0.15, -0.1) is 0 Å². The van der Waals surface area contributed by atoms with Crippen LogP contribution in [0.5, 0.6) is 5.75 Å². The minimum Gasteiger partial charge on any atom is -0.497 e. The average molecular weight is 511 g/mol. The number of rotatable bonds is 7. The Labute approximate surface area is 226 Å². The number of hydrogen-bond acceptors (Lipinski definition) is 3. The van der Waals surface area contributed by atoms with Gasteiger partial charge in [-0.1, -0.05) is 75.4 Å². The van der Waals surface area contributed by atoms with Gasteiger partial charge in [-0.3, -0.25) is 9.59 Å². The van der Waals surface area contributed by atoms with Crippen LogP contribution >= 0.6 is 0 Å². The smallest absolute Gasteiger partial charge is 0.224 e. The van der Waals surface area contributed by atoms with Crippen LogP contribution in [0.3, 0.4) is 0 Å². The van der Waals surface area contributed by atoms with Crippen LogP contribution in [0.2, 0.25) is 0 Å². The van der Waals surface area contributed by atoms with E-state index in [-0.39, 0.29) is 23.1 Å². The Kier molecular flexibility index (Phi) is 7.29. The first-order valence-corrected chi connectivity index (χ1v) is 13.6. The molecule has 0 radical (unpaired) electrons. The molecule has 0 saturated heterocycles. The highest BCUT2D eigenvalue weighted by atomic mass is 16.5. The number of ether oxygens (including phenoxy) is 1. The highest BCUT2D eigenvalue weighted by Gasteiger charge is 2.43. The van der Waals surface area contributed by atoms with E-state index in [1.165, 1.54) is 16.7 Å². The van der Waals surface area contributed by atoms with Crippen LogP contribution in [0, 0.1) is 11.3 Å². The van der Waals surface area contributed by atoms with Crippen molar-refractivity contribution in [2.75, 3.05) is 13.7 Å². The third kappa shape index (κ3) is 5.77. The maximum absolute atomic E-state index is 13.1. The number of benzene rings is 3. The molecule has 0 aromatic heterocycles. The van der Waals surface area contributed by atoms with E-state index in [1.807, 2.05) is 35.2 Å². The van der Waals surface area contributed by atoms with Crippen molar-refractivity contribution < 1.29 is 14.3 Å². The van der Waals surface area contributed by atoms with Crippen molar-refractivity contribution in [3.63, 3.8) is 0 Å². The first-order valence-electron chi connectivity index (χ1n) is 13.6. The van der Waals surface area contributed by atoms with Gasteiger partial charge in [0.1, 0.15) is 5.75 Å². The Balaban J connectivity index is 1.38. The summed E-state index contributed by atoms with van der Waals surface area (Å²) >= 11 is 0. The minimum absolute atomic E-state index is 0.0362. The Hall–Kier alpha value is -3.60. The van der Waals surface area contributed by atoms with Crippen molar-refractivity contribution in [2.24, 2.45) is 11.3 Å². The highest BCUT2D eigenvalue weighted by molar-refractivity contribution is 5.83. The van der Waals surface area contributed by atoms with E-state index >= 15 is 0 Å². The second-order valence-electron chi connectivity index (χ2n) is 11.8. The van der Waals surface area contributed by atoms with Crippen LogP contribution in [0.4, 0.5) is 0 Å². The standard InChI is InChI=1S/C33H38N2O3/c1-33(2,3)19-31(36)35-16-15-27-26(23-11-8-12-25(17-23)38-4)14-13-24(30(27)21-35)20-34-32(37)29-18-28(29)22-9-6-5-7-10-22/h5-14,17,28-29H,15-16,18-21H2,1-4H3,(H,34,37)/t28-,29-/m0/s1. The van der Waals surface area contributed by atoms with Crippen molar-refractivity contribution in [3.8, 4) is 16.9 Å². The van der Waals surface area contributed by atoms with Crippen LogP contribution in [0.15, 0.2) is 66.7 Å². The average Bonchev–Trinajstić information content (AvgIpc) is 3.72. The molecule has 2 amide bonds. The number of hydrogen-bond donors (Lipinski definition) is 1. The molecule has 1 fully saturated rings. The molecule has 5 nitrogen and oxygen atoms in total. The van der Waals surface area contributed by atoms with Crippen LogP contribution in [0.25, 0.3) is 11.1 Å². The fourth-order valence-electron chi connectivity index (χ4n) is 5.61. The second kappa shape index (κ2) is 10.6. The lowest BCUT2D eigenvalue weighted by Crippen LogP contribution is -2.38. The number of fused-ring (bicyclic) bond motifs is 1. The molecular weight excluding hydrogens is 472 g/mol. The molecular formula is C33H38N2O3. The van der Waals surface area contributed by atoms with Gasteiger partial charge in [-0.25, -0.2) is 0 Å². The number of methoxy groups -OCH3 is 1. The second-order valence-corrected chi connectivity index (χ2v) is 11.8. The third-order valence-corrected chi connectivity index (χ3v) is 7.73. The van der Waals surface area contributed by atoms with Crippen LogP contribution < -0.4 is 10.1 Å². The third-order valence-electron chi connectivity index (χ3n) is 7.73. The zero-order valence-corrected chi connectivity index (χ0v) is 22.9. The lowest BCUT2D eigenvalue weighted by atomic mass is 9.86. The Bertz CT molecular complexity index is 1330. The zero-order chi connectivity index (χ0) is 26.9. The lowest BCUT2D eigenvalue weighted by Gasteiger charge is -2.33. The molecule has 0 unspecified atom stereocenters. The summed E-state index contributed by atoms with van der Waals surface area (Å²) < 4.78 is 5.47. The van der Waals surface area contributed by atoms with Gasteiger partial charge in [0.05, 0.1) is 7.11 Å². The number of nitrogens with zero attached hydrogens (tertiary/aromatic N) is 1. The van der Waals surface area contributed by atoms with E-state index in [1.54, 1.807) is 7.11 Å². The molecule has 1 heterocycles. The van der Waals surface area contributed by atoms with Crippen molar-refractivity contribution in [3.05, 3.63) is 89.0 Å². The summed E-state index contributed by atoms with van der Waals surface area (Å²) in [6.07, 6.45) is 2.21. The first kappa shape index (κ1) is 26.0. The Morgan fingerprint density at radius 1 is 1.00 bits per heavy atom. The summed E-state index contributed by atoms with van der Waals surface area (Å²) in [5.74, 6) is 1.47. The number of carbonyl (C=O) groups excluding carboxylic acids is 2. The van der Waals surface area contributed by atoms with Gasteiger partial charge in [0.2, 0.25) is 11.8 Å². The SMILES string of the molecule is COc1cccc(-c2ccc(CNC(=O)[C@H]3C[C@H]3c3ccccc3)c3c2CCN(C(=O)CC(C)(C)C)C3)c1. The van der Waals surface area contributed by atoms with Crippen LogP contribution in [0.1, 0.15) is 61.8 Å². The maximum atomic E-state index is 13.1. The molecule has 1 saturated carbocycles. The van der Waals surface area contributed by atoms with Gasteiger partial charge >= 0.3 is 0 Å². The zero-order valence-electron chi connectivity index (χ0n) is 22.9. The normalized spacial score (nSPS) is 18.5. The molecule has 198 valence electrons. The van der Waals surface area contributed by atoms with Gasteiger partial charge in [0.15, 0.2) is 0 Å². The minimum atomic E-state index is -0.0594. The molecule has 5 heteroatoms. The fourth-order valence-corrected chi connectivity index (χ4v) is 5.61. The first-order chi connectivity index (χ1) is 18.2. The maximum Gasteiger partial charge on any atom is 0.224 e. The Morgan fingerprint density at radius 3 is 2.53 bits per heavy atom. The van der Waals surface area contributed by atoms with E-state index in [2.05, 4.69) is 62.5 Å². The van der Waals surface area contributed by atoms with Crippen LogP contribution in [-0.2, 0) is 29.1 Å². The summed E-state index contributed by atoms with van der Waals surface area (Å²) in [4.78, 5) is 28.2. The lowest BCUT2D eigenvalue weighted by molar-refractivity contribution is -0.134. The molecule has 0 bridgehead atoms. The summed E-state index contributed by atoms with van der Waals surface area (Å²) in [5.41, 5.74) is 6.97. The highest BCUT2D eigenvalue weighted by Crippen LogP contribution is 2.47. The van der Waals surface area contributed by atoms with Gasteiger partial charge < -0.3 is 15.0 Å². The van der Waals surface area contributed by atoms with E-state index in [0.717, 1.165) is 35.3 Å². The van der Waals surface area contributed by atoms with Crippen molar-refractivity contribution >= 4 is 11.8 Å². The predicted octanol–water partition coefficient (Wildman–Crippen LogP) is 6.10. The van der Waals surface area contributed by atoms with Gasteiger partial charge in [0, 0.05) is 32.0 Å². The molecule has 0 spiro atoms. The number of carbonyl (C=O) groups is 2. The van der Waals surface area contributed by atoms with Gasteiger partial charge in [0.25, 0.3) is 0 Å². The fraction of sp³-hybridized carbons (Fsp3) is 0.394. The summed E-state index contributed by atoms with van der Waals surface area (Å²) in [6.45, 7) is 8.05. The quantitative estimate of drug-likeness (QED) is 0.418. The molecule has 38 heavy (non-hydrogen) atoms. The van der Waals surface area contributed by atoms with Crippen molar-refractivity contribution in [1.82, 2.24) is 10.2 Å². The molecule has 1 aliphatic heterocycles. The molecule has 2 atom stereocenters. The van der Waals surface area contributed by atoms with Gasteiger partial charge in [-0.2, -0.15) is 0 Å². The Morgan fingerprint density at radius 2 is 1.79 bits per heavy atom. The number of amides is 2. The summed E-state index contributed by atoms with van der Waals surface area (Å²) in [5, 5.41) is 3.21. The predicted molar refractivity (Wildman–Crippen MR) is 151 cm³/mol. The molecule has 2 aliphatic rings. The van der Waals surface area contributed by atoms with E-state index in [4.69, 9.17) is 4.74 Å². The largest absolute Gasteiger partial charge is 0.497 e. The van der Waals surface area contributed by atoms with E-state index in [9.17, 15) is 9.59 Å². The molecule has 3 aromatic rings. The topological polar surface area (TPSA) is 58.6 Å². The molecule has 1 N–H and O–H groups in total. The number of nitrogens with one attached hydrogen (secondary N) is 1. The van der Waals surface area contributed by atoms with Crippen molar-refractivity contribution in [1.29, 1.82) is 0 Å². The molecule has 3 aromatic carbocycles. The summed E-state index contributed by atoms with van der Waals surface area (Å²) in [7, 11) is 1.68. The van der Waals surface area contributed by atoms with E-state index in [0.29, 0.717) is 32.0 Å². The van der Waals surface area contributed by atoms with Crippen molar-refractivity contribution in [2.45, 2.75) is 59.0 Å². The van der Waals surface area contributed by atoms with Gasteiger partial charge in [-0.05, 0) is 69.7 Å². The summed E-state index contributed by atoms with van der Waals surface area (Å²) in [6, 6.07) is 22.7. The van der Waals surface area contributed by atoms with Crippen LogP contribution in [-0.4, -0.2) is 30.4 Å². The molecule has 1 aliphatic carbocycles. The monoisotopic (exact) mass is 510 g/mol. The molecule has 5 rings (SSSR count).